The maximum absolute atomic E-state index is 6.17. The van der Waals surface area contributed by atoms with Gasteiger partial charge in [0.25, 0.3) is 0 Å². The normalized spacial score (nSPS) is 13.5. The molecule has 2 rings (SSSR count). The number of thiazole rings is 1. The number of nitrogens with two attached hydrogens (primary N) is 1. The van der Waals surface area contributed by atoms with Crippen LogP contribution in [0.1, 0.15) is 43.2 Å². The fraction of sp³-hybridized carbons (Fsp3) is 0.429. The van der Waals surface area contributed by atoms with Crippen molar-refractivity contribution in [2.75, 3.05) is 0 Å². The van der Waals surface area contributed by atoms with Crippen molar-refractivity contribution in [1.29, 1.82) is 0 Å². The first kappa shape index (κ1) is 15.7. The predicted octanol–water partition coefficient (Wildman–Crippen LogP) is 4.38. The van der Waals surface area contributed by atoms with Crippen LogP contribution < -0.4 is 5.73 Å². The van der Waals surface area contributed by atoms with Gasteiger partial charge in [-0.05, 0) is 6.07 Å². The van der Waals surface area contributed by atoms with Gasteiger partial charge in [0.1, 0.15) is 0 Å². The van der Waals surface area contributed by atoms with Crippen LogP contribution in [0.4, 0.5) is 0 Å². The molecule has 0 aliphatic heterocycles. The highest BCUT2D eigenvalue weighted by molar-refractivity contribution is 7.09. The van der Waals surface area contributed by atoms with E-state index in [4.69, 9.17) is 28.9 Å². The van der Waals surface area contributed by atoms with Crippen LogP contribution in [-0.4, -0.2) is 9.97 Å². The molecule has 3 nitrogen and oxygen atoms in total. The maximum atomic E-state index is 6.17. The minimum absolute atomic E-state index is 0.0506. The second kappa shape index (κ2) is 5.98. The van der Waals surface area contributed by atoms with Crippen molar-refractivity contribution in [3.05, 3.63) is 44.1 Å². The molecular weight excluding hydrogens is 313 g/mol. The predicted molar refractivity (Wildman–Crippen MR) is 85.7 cm³/mol. The molecule has 1 atom stereocenters. The van der Waals surface area contributed by atoms with Crippen molar-refractivity contribution in [2.45, 2.75) is 38.6 Å². The Bertz CT molecular complexity index is 605. The summed E-state index contributed by atoms with van der Waals surface area (Å²) in [4.78, 5) is 8.85. The summed E-state index contributed by atoms with van der Waals surface area (Å²) in [7, 11) is 0. The number of pyridine rings is 1. The van der Waals surface area contributed by atoms with Gasteiger partial charge in [0.2, 0.25) is 0 Å². The Balaban J connectivity index is 2.15. The molecule has 0 saturated heterocycles. The molecule has 2 aromatic rings. The molecule has 0 aliphatic rings. The first-order chi connectivity index (χ1) is 9.27. The molecule has 2 aromatic heterocycles. The number of aromatic nitrogens is 2. The monoisotopic (exact) mass is 329 g/mol. The van der Waals surface area contributed by atoms with E-state index in [-0.39, 0.29) is 11.5 Å². The highest BCUT2D eigenvalue weighted by Gasteiger charge is 2.19. The van der Waals surface area contributed by atoms with E-state index in [1.54, 1.807) is 23.6 Å². The van der Waals surface area contributed by atoms with Crippen molar-refractivity contribution in [2.24, 2.45) is 5.73 Å². The van der Waals surface area contributed by atoms with E-state index >= 15 is 0 Å². The Morgan fingerprint density at radius 1 is 1.35 bits per heavy atom. The molecule has 0 radical (unpaired) electrons. The van der Waals surface area contributed by atoms with Crippen molar-refractivity contribution >= 4 is 34.5 Å². The van der Waals surface area contributed by atoms with Crippen LogP contribution in [0.2, 0.25) is 10.0 Å². The Labute approximate surface area is 133 Å². The third-order valence-electron chi connectivity index (χ3n) is 2.90. The maximum Gasteiger partial charge on any atom is 0.0948 e. The van der Waals surface area contributed by atoms with Gasteiger partial charge in [0, 0.05) is 23.4 Å². The summed E-state index contributed by atoms with van der Waals surface area (Å²) in [5.41, 5.74) is 7.96. The van der Waals surface area contributed by atoms with Gasteiger partial charge in [-0.25, -0.2) is 4.98 Å². The summed E-state index contributed by atoms with van der Waals surface area (Å²) in [5.74, 6) is 0. The number of rotatable bonds is 3. The summed E-state index contributed by atoms with van der Waals surface area (Å²) in [6, 6.07) is 1.38. The van der Waals surface area contributed by atoms with Crippen LogP contribution >= 0.6 is 34.5 Å². The van der Waals surface area contributed by atoms with Crippen LogP contribution in [0.15, 0.2) is 17.6 Å². The van der Waals surface area contributed by atoms with Crippen molar-refractivity contribution in [1.82, 2.24) is 9.97 Å². The van der Waals surface area contributed by atoms with E-state index in [2.05, 4.69) is 36.1 Å². The average Bonchev–Trinajstić information content (AvgIpc) is 2.76. The van der Waals surface area contributed by atoms with E-state index in [9.17, 15) is 0 Å². The summed E-state index contributed by atoms with van der Waals surface area (Å²) in [6.07, 6.45) is 2.18. The zero-order chi connectivity index (χ0) is 14.9. The Kier molecular flexibility index (Phi) is 4.69. The molecule has 0 spiro atoms. The lowest BCUT2D eigenvalue weighted by Gasteiger charge is -2.14. The largest absolute Gasteiger partial charge is 0.322 e. The molecule has 1 unspecified atom stereocenters. The molecule has 0 bridgehead atoms. The molecule has 20 heavy (non-hydrogen) atoms. The van der Waals surface area contributed by atoms with Gasteiger partial charge in [0.15, 0.2) is 0 Å². The highest BCUT2D eigenvalue weighted by atomic mass is 35.5. The van der Waals surface area contributed by atoms with E-state index in [0.29, 0.717) is 22.2 Å². The van der Waals surface area contributed by atoms with Gasteiger partial charge in [-0.1, -0.05) is 44.0 Å². The SMILES string of the molecule is CC(C)(C)c1csc(CC(N)c2ncc(Cl)cc2Cl)n1. The van der Waals surface area contributed by atoms with E-state index in [1.807, 2.05) is 0 Å². The van der Waals surface area contributed by atoms with Gasteiger partial charge in [0.05, 0.1) is 32.5 Å². The fourth-order valence-corrected chi connectivity index (χ4v) is 3.33. The molecule has 6 heteroatoms. The minimum Gasteiger partial charge on any atom is -0.322 e. The number of nitrogens with zero attached hydrogens (tertiary/aromatic N) is 2. The van der Waals surface area contributed by atoms with Crippen LogP contribution in [0.25, 0.3) is 0 Å². The average molecular weight is 330 g/mol. The summed E-state index contributed by atoms with van der Waals surface area (Å²) < 4.78 is 0. The first-order valence-corrected chi connectivity index (χ1v) is 7.92. The number of hydrogen-bond donors (Lipinski definition) is 1. The lowest BCUT2D eigenvalue weighted by atomic mass is 9.93. The van der Waals surface area contributed by atoms with Gasteiger partial charge >= 0.3 is 0 Å². The topological polar surface area (TPSA) is 51.8 Å². The molecule has 0 aromatic carbocycles. The first-order valence-electron chi connectivity index (χ1n) is 6.29. The van der Waals surface area contributed by atoms with Gasteiger partial charge < -0.3 is 5.73 Å². The zero-order valence-corrected chi connectivity index (χ0v) is 14.0. The molecule has 0 fully saturated rings. The highest BCUT2D eigenvalue weighted by Crippen LogP contribution is 2.28. The summed E-state index contributed by atoms with van der Waals surface area (Å²) in [6.45, 7) is 6.43. The van der Waals surface area contributed by atoms with E-state index in [1.165, 1.54) is 0 Å². The third kappa shape index (κ3) is 3.70. The number of halogens is 2. The van der Waals surface area contributed by atoms with Crippen LogP contribution in [0, 0.1) is 0 Å². The molecule has 108 valence electrons. The Morgan fingerprint density at radius 2 is 2.05 bits per heavy atom. The standard InChI is InChI=1S/C14H17Cl2N3S/c1-14(2,3)11-7-20-12(19-11)5-10(17)13-9(16)4-8(15)6-18-13/h4,6-7,10H,5,17H2,1-3H3. The second-order valence-corrected chi connectivity index (χ2v) is 7.49. The van der Waals surface area contributed by atoms with Crippen molar-refractivity contribution < 1.29 is 0 Å². The molecule has 0 amide bonds. The lowest BCUT2D eigenvalue weighted by molar-refractivity contribution is 0.568. The molecular formula is C14H17Cl2N3S. The lowest BCUT2D eigenvalue weighted by Crippen LogP contribution is -2.16. The van der Waals surface area contributed by atoms with Gasteiger partial charge in [-0.15, -0.1) is 11.3 Å². The summed E-state index contributed by atoms with van der Waals surface area (Å²) >= 11 is 13.6. The molecule has 0 saturated carbocycles. The Morgan fingerprint density at radius 3 is 2.60 bits per heavy atom. The minimum atomic E-state index is -0.279. The fourth-order valence-electron chi connectivity index (χ4n) is 1.73. The summed E-state index contributed by atoms with van der Waals surface area (Å²) in [5, 5.41) is 4.09. The number of hydrogen-bond acceptors (Lipinski definition) is 4. The quantitative estimate of drug-likeness (QED) is 0.908. The molecule has 0 aliphatic carbocycles. The van der Waals surface area contributed by atoms with Crippen LogP contribution in [0.3, 0.4) is 0 Å². The Hall–Kier alpha value is -0.680. The smallest absolute Gasteiger partial charge is 0.0948 e. The van der Waals surface area contributed by atoms with Gasteiger partial charge in [-0.3, -0.25) is 4.98 Å². The van der Waals surface area contributed by atoms with Crippen molar-refractivity contribution in [3.63, 3.8) is 0 Å². The van der Waals surface area contributed by atoms with Crippen molar-refractivity contribution in [3.8, 4) is 0 Å². The third-order valence-corrected chi connectivity index (χ3v) is 4.28. The van der Waals surface area contributed by atoms with E-state index in [0.717, 1.165) is 10.7 Å². The molecule has 2 heterocycles. The molecule has 2 N–H and O–H groups in total. The van der Waals surface area contributed by atoms with Crippen LogP contribution in [-0.2, 0) is 11.8 Å². The zero-order valence-electron chi connectivity index (χ0n) is 11.7. The van der Waals surface area contributed by atoms with Gasteiger partial charge in [-0.2, -0.15) is 0 Å². The van der Waals surface area contributed by atoms with Crippen LogP contribution in [0.5, 0.6) is 0 Å². The second-order valence-electron chi connectivity index (χ2n) is 5.71. The van der Waals surface area contributed by atoms with E-state index < -0.39 is 0 Å².